The van der Waals surface area contributed by atoms with Gasteiger partial charge in [0.15, 0.2) is 0 Å². The molecule has 1 fully saturated rings. The van der Waals surface area contributed by atoms with E-state index in [-0.39, 0.29) is 16.8 Å². The number of carbonyl (C=O) groups excluding carboxylic acids is 1. The molecule has 1 aliphatic heterocycles. The van der Waals surface area contributed by atoms with Gasteiger partial charge in [-0.05, 0) is 49.6 Å². The van der Waals surface area contributed by atoms with Crippen molar-refractivity contribution >= 4 is 42.8 Å². The van der Waals surface area contributed by atoms with Crippen molar-refractivity contribution in [2.24, 2.45) is 0 Å². The summed E-state index contributed by atoms with van der Waals surface area (Å²) in [4.78, 5) is 14.1. The minimum Gasteiger partial charge on any atom is -0.338 e. The molecule has 4 rings (SSSR count). The summed E-state index contributed by atoms with van der Waals surface area (Å²) >= 11 is 3.58. The van der Waals surface area contributed by atoms with Gasteiger partial charge < -0.3 is 4.90 Å². The van der Waals surface area contributed by atoms with E-state index in [1.54, 1.807) is 48.5 Å². The van der Waals surface area contributed by atoms with E-state index in [4.69, 9.17) is 0 Å². The zero-order valence-electron chi connectivity index (χ0n) is 16.2. The molecule has 0 aliphatic carbocycles. The lowest BCUT2D eigenvalue weighted by Crippen LogP contribution is -2.30. The van der Waals surface area contributed by atoms with Crippen molar-refractivity contribution in [3.05, 3.63) is 76.4 Å². The highest BCUT2D eigenvalue weighted by Crippen LogP contribution is 2.34. The molecule has 7 heteroatoms. The fourth-order valence-corrected chi connectivity index (χ4v) is 5.85. The minimum absolute atomic E-state index is 0.0387. The first-order valence-electron chi connectivity index (χ1n) is 9.26. The molecule has 5 nitrogen and oxygen atoms in total. The summed E-state index contributed by atoms with van der Waals surface area (Å²) < 4.78 is 28.9. The van der Waals surface area contributed by atoms with E-state index in [0.29, 0.717) is 23.9 Å². The van der Waals surface area contributed by atoms with Crippen molar-refractivity contribution in [3.8, 4) is 0 Å². The first-order chi connectivity index (χ1) is 13.7. The highest BCUT2D eigenvalue weighted by Gasteiger charge is 2.32. The molecule has 0 bridgehead atoms. The third kappa shape index (κ3) is 3.32. The molecule has 1 amide bonds. The normalized spacial score (nSPS) is 17.5. The van der Waals surface area contributed by atoms with Gasteiger partial charge in [0, 0.05) is 34.7 Å². The molecular formula is C22H21BrN2O3S. The zero-order chi connectivity index (χ0) is 20.9. The average Bonchev–Trinajstić information content (AvgIpc) is 3.17. The summed E-state index contributed by atoms with van der Waals surface area (Å²) in [6.45, 7) is 5.77. The Hall–Kier alpha value is -2.38. The van der Waals surface area contributed by atoms with Crippen LogP contribution >= 0.6 is 15.9 Å². The van der Waals surface area contributed by atoms with Crippen molar-refractivity contribution < 1.29 is 13.2 Å². The second-order valence-corrected chi connectivity index (χ2v) is 10.2. The second kappa shape index (κ2) is 7.15. The first kappa shape index (κ1) is 19.9. The summed E-state index contributed by atoms with van der Waals surface area (Å²) in [5, 5.41) is 0.849. The van der Waals surface area contributed by atoms with Crippen LogP contribution in [0.4, 0.5) is 0 Å². The number of aryl methyl sites for hydroxylation is 1. The number of carbonyl (C=O) groups is 1. The molecule has 0 saturated carbocycles. The summed E-state index contributed by atoms with van der Waals surface area (Å²) in [6, 6.07) is 12.3. The van der Waals surface area contributed by atoms with Gasteiger partial charge in [0.25, 0.3) is 10.0 Å². The Bertz CT molecular complexity index is 1240. The molecule has 0 unspecified atom stereocenters. The van der Waals surface area contributed by atoms with Crippen LogP contribution in [0.15, 0.2) is 70.2 Å². The molecule has 0 N–H and O–H groups in total. The predicted octanol–water partition coefficient (Wildman–Crippen LogP) is 4.28. The lowest BCUT2D eigenvalue weighted by molar-refractivity contribution is -0.124. The van der Waals surface area contributed by atoms with Gasteiger partial charge in [0.2, 0.25) is 5.91 Å². The van der Waals surface area contributed by atoms with Crippen molar-refractivity contribution in [1.82, 2.24) is 8.87 Å². The molecule has 2 aromatic carbocycles. The minimum atomic E-state index is -3.75. The molecule has 1 atom stereocenters. The van der Waals surface area contributed by atoms with Gasteiger partial charge in [-0.25, -0.2) is 12.4 Å². The van der Waals surface area contributed by atoms with Crippen molar-refractivity contribution in [2.75, 3.05) is 7.05 Å². The topological polar surface area (TPSA) is 59.4 Å². The van der Waals surface area contributed by atoms with Crippen molar-refractivity contribution in [1.29, 1.82) is 0 Å². The Morgan fingerprint density at radius 3 is 2.48 bits per heavy atom. The Morgan fingerprint density at radius 1 is 1.17 bits per heavy atom. The Morgan fingerprint density at radius 2 is 1.86 bits per heavy atom. The maximum absolute atomic E-state index is 13.4. The molecular weight excluding hydrogens is 452 g/mol. The number of aromatic nitrogens is 1. The molecule has 150 valence electrons. The van der Waals surface area contributed by atoms with E-state index < -0.39 is 10.0 Å². The largest absolute Gasteiger partial charge is 0.338 e. The Balaban J connectivity index is 1.85. The van der Waals surface area contributed by atoms with Crippen LogP contribution in [0.2, 0.25) is 0 Å². The van der Waals surface area contributed by atoms with Crippen LogP contribution in [-0.2, 0) is 21.2 Å². The molecule has 1 saturated heterocycles. The predicted molar refractivity (Wildman–Crippen MR) is 117 cm³/mol. The van der Waals surface area contributed by atoms with Gasteiger partial charge >= 0.3 is 0 Å². The van der Waals surface area contributed by atoms with Gasteiger partial charge in [-0.1, -0.05) is 46.3 Å². The van der Waals surface area contributed by atoms with Crippen LogP contribution in [-0.4, -0.2) is 36.3 Å². The molecule has 1 aliphatic rings. The highest BCUT2D eigenvalue weighted by molar-refractivity contribution is 9.10. The van der Waals surface area contributed by atoms with Crippen LogP contribution in [0.3, 0.4) is 0 Å². The highest BCUT2D eigenvalue weighted by atomic mass is 79.9. The molecule has 0 spiro atoms. The third-order valence-corrected chi connectivity index (χ3v) is 7.86. The van der Waals surface area contributed by atoms with E-state index in [1.807, 2.05) is 19.1 Å². The van der Waals surface area contributed by atoms with Crippen molar-refractivity contribution in [3.63, 3.8) is 0 Å². The Kier molecular flexibility index (Phi) is 4.91. The van der Waals surface area contributed by atoms with E-state index in [1.165, 1.54) is 3.97 Å². The van der Waals surface area contributed by atoms with E-state index in [0.717, 1.165) is 21.0 Å². The smallest absolute Gasteiger partial charge is 0.268 e. The van der Waals surface area contributed by atoms with Crippen LogP contribution in [0.1, 0.15) is 17.5 Å². The number of nitrogens with zero attached hydrogens (tertiary/aromatic N) is 2. The third-order valence-electron chi connectivity index (χ3n) is 5.51. The lowest BCUT2D eigenvalue weighted by Gasteiger charge is -2.18. The number of likely N-dealkylation sites (N-methyl/N-ethyl adjacent to an activating group) is 1. The van der Waals surface area contributed by atoms with Gasteiger partial charge in [-0.15, -0.1) is 0 Å². The van der Waals surface area contributed by atoms with Gasteiger partial charge in [0.05, 0.1) is 10.4 Å². The van der Waals surface area contributed by atoms with Crippen LogP contribution < -0.4 is 0 Å². The summed E-state index contributed by atoms with van der Waals surface area (Å²) in [5.74, 6) is -0.0509. The monoisotopic (exact) mass is 472 g/mol. The number of halogens is 1. The second-order valence-electron chi connectivity index (χ2n) is 7.48. The summed E-state index contributed by atoms with van der Waals surface area (Å²) in [7, 11) is -1.98. The fourth-order valence-electron chi connectivity index (χ4n) is 3.85. The van der Waals surface area contributed by atoms with Crippen molar-refractivity contribution in [2.45, 2.75) is 30.7 Å². The number of hydrogen-bond donors (Lipinski definition) is 0. The number of hydrogen-bond acceptors (Lipinski definition) is 3. The van der Waals surface area contributed by atoms with Gasteiger partial charge in [0.1, 0.15) is 0 Å². The van der Waals surface area contributed by atoms with E-state index >= 15 is 0 Å². The quantitative estimate of drug-likeness (QED) is 0.532. The number of rotatable bonds is 4. The average molecular weight is 473 g/mol. The molecule has 29 heavy (non-hydrogen) atoms. The van der Waals surface area contributed by atoms with Gasteiger partial charge in [-0.2, -0.15) is 0 Å². The van der Waals surface area contributed by atoms with Crippen LogP contribution in [0.25, 0.3) is 10.9 Å². The first-order valence-corrected chi connectivity index (χ1v) is 11.5. The maximum atomic E-state index is 13.4. The number of amides is 1. The molecule has 3 aromatic rings. The zero-order valence-corrected chi connectivity index (χ0v) is 18.6. The van der Waals surface area contributed by atoms with Crippen LogP contribution in [0.5, 0.6) is 0 Å². The molecule has 2 heterocycles. The molecule has 1 aromatic heterocycles. The lowest BCUT2D eigenvalue weighted by atomic mass is 10.0. The fraction of sp³-hybridized carbons (Fsp3) is 0.227. The Labute approximate surface area is 178 Å². The summed E-state index contributed by atoms with van der Waals surface area (Å²) in [5.41, 5.74) is 3.08. The maximum Gasteiger partial charge on any atom is 0.268 e. The van der Waals surface area contributed by atoms with E-state index in [2.05, 4.69) is 22.5 Å². The van der Waals surface area contributed by atoms with Gasteiger partial charge in [-0.3, -0.25) is 4.79 Å². The number of likely N-dealkylation sites (tertiary alicyclic amines) is 1. The summed E-state index contributed by atoms with van der Waals surface area (Å²) in [6.07, 6.45) is 2.82. The standard InChI is InChI=1S/C22H21BrN2O3S/c1-14-7-9-18(10-8-14)29(27,28)25-13-16(21-19(23)5-4-6-20(21)25)12-17-11-15(2)22(26)24(17)3/h4-10,13,17H,2,11-12H2,1,3H3/t17-/m0/s1. The van der Waals surface area contributed by atoms with E-state index in [9.17, 15) is 13.2 Å². The number of fused-ring (bicyclic) bond motifs is 1. The SMILES string of the molecule is C=C1C[C@@H](Cc2cn(S(=O)(=O)c3ccc(C)cc3)c3cccc(Br)c23)N(C)C1=O. The molecule has 0 radical (unpaired) electrons. The number of benzene rings is 2. The van der Waals surface area contributed by atoms with Crippen LogP contribution in [0, 0.1) is 6.92 Å².